The Labute approximate surface area is 89.7 Å². The molecule has 1 aliphatic carbocycles. The smallest absolute Gasteiger partial charge is 0.00179 e. The maximum atomic E-state index is 3.57. The lowest BCUT2D eigenvalue weighted by molar-refractivity contribution is 0.552. The third-order valence-electron chi connectivity index (χ3n) is 3.39. The molecule has 0 heterocycles. The van der Waals surface area contributed by atoms with Crippen LogP contribution >= 0.6 is 0 Å². The number of rotatable bonds is 9. The van der Waals surface area contributed by atoms with E-state index in [4.69, 9.17) is 0 Å². The fraction of sp³-hybridized carbons (Fsp3) is 1.00. The second-order valence-corrected chi connectivity index (χ2v) is 4.94. The van der Waals surface area contributed by atoms with Crippen molar-refractivity contribution in [3.63, 3.8) is 0 Å². The quantitative estimate of drug-likeness (QED) is 0.557. The average Bonchev–Trinajstić information content (AvgIpc) is 2.87. The van der Waals surface area contributed by atoms with Crippen molar-refractivity contribution in [1.82, 2.24) is 5.32 Å². The van der Waals surface area contributed by atoms with Gasteiger partial charge in [0.25, 0.3) is 0 Å². The molecule has 0 aromatic rings. The Kier molecular flexibility index (Phi) is 6.25. The third-order valence-corrected chi connectivity index (χ3v) is 3.39. The molecule has 1 saturated carbocycles. The normalized spacial score (nSPS) is 25.3. The molecule has 2 unspecified atom stereocenters. The van der Waals surface area contributed by atoms with Crippen LogP contribution in [-0.2, 0) is 0 Å². The molecule has 0 aliphatic heterocycles. The fourth-order valence-corrected chi connectivity index (χ4v) is 2.00. The topological polar surface area (TPSA) is 12.0 Å². The molecule has 1 N–H and O–H groups in total. The molecule has 0 bridgehead atoms. The summed E-state index contributed by atoms with van der Waals surface area (Å²) in [4.78, 5) is 0. The van der Waals surface area contributed by atoms with Gasteiger partial charge in [-0.25, -0.2) is 0 Å². The summed E-state index contributed by atoms with van der Waals surface area (Å²) in [6.07, 6.45) is 9.93. The van der Waals surface area contributed by atoms with Crippen molar-refractivity contribution in [2.24, 2.45) is 11.8 Å². The van der Waals surface area contributed by atoms with E-state index in [0.29, 0.717) is 0 Å². The highest BCUT2D eigenvalue weighted by molar-refractivity contribution is 4.83. The standard InChI is InChI=1S/C13H27N/c1-3-4-5-6-7-8-9-14-11-13-10-12(13)2/h12-14H,3-11H2,1-2H3. The van der Waals surface area contributed by atoms with Crippen molar-refractivity contribution in [3.8, 4) is 0 Å². The Bertz CT molecular complexity index is 133. The minimum absolute atomic E-state index is 1.01. The summed E-state index contributed by atoms with van der Waals surface area (Å²) in [7, 11) is 0. The number of hydrogen-bond donors (Lipinski definition) is 1. The fourth-order valence-electron chi connectivity index (χ4n) is 2.00. The van der Waals surface area contributed by atoms with Crippen LogP contribution in [0.15, 0.2) is 0 Å². The monoisotopic (exact) mass is 197 g/mol. The SMILES string of the molecule is CCCCCCCCNCC1CC1C. The third kappa shape index (κ3) is 5.64. The van der Waals surface area contributed by atoms with E-state index in [1.54, 1.807) is 0 Å². The molecule has 0 aromatic carbocycles. The molecule has 1 fully saturated rings. The predicted molar refractivity (Wildman–Crippen MR) is 63.5 cm³/mol. The van der Waals surface area contributed by atoms with Crippen molar-refractivity contribution in [2.75, 3.05) is 13.1 Å². The first-order chi connectivity index (χ1) is 6.84. The van der Waals surface area contributed by atoms with Gasteiger partial charge in [0.05, 0.1) is 0 Å². The van der Waals surface area contributed by atoms with Gasteiger partial charge in [-0.05, 0) is 37.8 Å². The average molecular weight is 197 g/mol. The van der Waals surface area contributed by atoms with E-state index in [2.05, 4.69) is 19.2 Å². The van der Waals surface area contributed by atoms with Gasteiger partial charge in [0.2, 0.25) is 0 Å². The van der Waals surface area contributed by atoms with Gasteiger partial charge in [-0.2, -0.15) is 0 Å². The summed E-state index contributed by atoms with van der Waals surface area (Å²) in [5.41, 5.74) is 0. The molecule has 0 saturated heterocycles. The first-order valence-corrected chi connectivity index (χ1v) is 6.55. The highest BCUT2D eigenvalue weighted by atomic mass is 14.9. The molecule has 14 heavy (non-hydrogen) atoms. The highest BCUT2D eigenvalue weighted by Gasteiger charge is 2.31. The van der Waals surface area contributed by atoms with Crippen LogP contribution in [0.4, 0.5) is 0 Å². The largest absolute Gasteiger partial charge is 0.316 e. The zero-order chi connectivity index (χ0) is 10.2. The Hall–Kier alpha value is -0.0400. The Balaban J connectivity index is 1.68. The molecule has 0 aromatic heterocycles. The van der Waals surface area contributed by atoms with E-state index in [-0.39, 0.29) is 0 Å². The van der Waals surface area contributed by atoms with E-state index in [1.807, 2.05) is 0 Å². The minimum Gasteiger partial charge on any atom is -0.316 e. The molecule has 84 valence electrons. The van der Waals surface area contributed by atoms with E-state index in [1.165, 1.54) is 58.0 Å². The van der Waals surface area contributed by atoms with Gasteiger partial charge in [-0.15, -0.1) is 0 Å². The van der Waals surface area contributed by atoms with Gasteiger partial charge in [-0.1, -0.05) is 46.0 Å². The minimum atomic E-state index is 1.01. The number of hydrogen-bond acceptors (Lipinski definition) is 1. The van der Waals surface area contributed by atoms with Crippen LogP contribution in [0, 0.1) is 11.8 Å². The van der Waals surface area contributed by atoms with Crippen LogP contribution < -0.4 is 5.32 Å². The van der Waals surface area contributed by atoms with Gasteiger partial charge in [0.1, 0.15) is 0 Å². The zero-order valence-corrected chi connectivity index (χ0v) is 10.0. The van der Waals surface area contributed by atoms with E-state index in [0.717, 1.165) is 11.8 Å². The second-order valence-electron chi connectivity index (χ2n) is 4.94. The molecule has 1 aliphatic rings. The highest BCUT2D eigenvalue weighted by Crippen LogP contribution is 2.36. The Morgan fingerprint density at radius 1 is 1.07 bits per heavy atom. The summed E-state index contributed by atoms with van der Waals surface area (Å²) >= 11 is 0. The second kappa shape index (κ2) is 7.28. The molecular weight excluding hydrogens is 170 g/mol. The van der Waals surface area contributed by atoms with Gasteiger partial charge in [-0.3, -0.25) is 0 Å². The van der Waals surface area contributed by atoms with Gasteiger partial charge < -0.3 is 5.32 Å². The molecule has 1 heteroatoms. The maximum absolute atomic E-state index is 3.57. The van der Waals surface area contributed by atoms with Crippen molar-refractivity contribution < 1.29 is 0 Å². The predicted octanol–water partition coefficient (Wildman–Crippen LogP) is 3.59. The molecule has 1 nitrogen and oxygen atoms in total. The van der Waals surface area contributed by atoms with E-state index in [9.17, 15) is 0 Å². The number of unbranched alkanes of at least 4 members (excludes halogenated alkanes) is 5. The Morgan fingerprint density at radius 2 is 1.71 bits per heavy atom. The zero-order valence-electron chi connectivity index (χ0n) is 10.0. The van der Waals surface area contributed by atoms with Crippen LogP contribution in [0.5, 0.6) is 0 Å². The lowest BCUT2D eigenvalue weighted by atomic mass is 10.1. The van der Waals surface area contributed by atoms with Gasteiger partial charge in [0.15, 0.2) is 0 Å². The molecular formula is C13H27N. The Morgan fingerprint density at radius 3 is 2.36 bits per heavy atom. The molecule has 1 rings (SSSR count). The van der Waals surface area contributed by atoms with Crippen molar-refractivity contribution >= 4 is 0 Å². The van der Waals surface area contributed by atoms with Crippen LogP contribution in [0.3, 0.4) is 0 Å². The lowest BCUT2D eigenvalue weighted by Crippen LogP contribution is -2.18. The molecule has 0 spiro atoms. The van der Waals surface area contributed by atoms with E-state index < -0.39 is 0 Å². The number of nitrogens with one attached hydrogen (secondary N) is 1. The van der Waals surface area contributed by atoms with Crippen LogP contribution in [0.2, 0.25) is 0 Å². The summed E-state index contributed by atoms with van der Waals surface area (Å²) in [5, 5.41) is 3.57. The van der Waals surface area contributed by atoms with E-state index >= 15 is 0 Å². The molecule has 2 atom stereocenters. The van der Waals surface area contributed by atoms with Crippen LogP contribution in [-0.4, -0.2) is 13.1 Å². The lowest BCUT2D eigenvalue weighted by Gasteiger charge is -2.03. The molecule has 0 amide bonds. The van der Waals surface area contributed by atoms with Crippen molar-refractivity contribution in [2.45, 2.75) is 58.8 Å². The van der Waals surface area contributed by atoms with Gasteiger partial charge >= 0.3 is 0 Å². The summed E-state index contributed by atoms with van der Waals surface area (Å²) in [6.45, 7) is 7.15. The van der Waals surface area contributed by atoms with Crippen LogP contribution in [0.25, 0.3) is 0 Å². The van der Waals surface area contributed by atoms with Crippen molar-refractivity contribution in [3.05, 3.63) is 0 Å². The summed E-state index contributed by atoms with van der Waals surface area (Å²) in [6, 6.07) is 0. The van der Waals surface area contributed by atoms with Gasteiger partial charge in [0, 0.05) is 0 Å². The molecule has 0 radical (unpaired) electrons. The summed E-state index contributed by atoms with van der Waals surface area (Å²) < 4.78 is 0. The maximum Gasteiger partial charge on any atom is -0.00179 e. The first kappa shape index (κ1) is 12.0. The van der Waals surface area contributed by atoms with Crippen molar-refractivity contribution in [1.29, 1.82) is 0 Å². The summed E-state index contributed by atoms with van der Waals surface area (Å²) in [5.74, 6) is 2.02. The van der Waals surface area contributed by atoms with Crippen LogP contribution in [0.1, 0.15) is 58.8 Å². The first-order valence-electron chi connectivity index (χ1n) is 6.55.